The zero-order chi connectivity index (χ0) is 27.4. The van der Waals surface area contributed by atoms with Crippen LogP contribution in [0.5, 0.6) is 0 Å². The second-order valence-corrected chi connectivity index (χ2v) is 9.81. The number of hydrogen-bond acceptors (Lipinski definition) is 4. The average Bonchev–Trinajstić information content (AvgIpc) is 3.16. The summed E-state index contributed by atoms with van der Waals surface area (Å²) in [5, 5.41) is 12.0. The lowest BCUT2D eigenvalue weighted by atomic mass is 9.90. The van der Waals surface area contributed by atoms with Gasteiger partial charge in [-0.2, -0.15) is 26.3 Å². The molecule has 196 valence electrons. The lowest BCUT2D eigenvalue weighted by Crippen LogP contribution is -2.53. The van der Waals surface area contributed by atoms with Crippen LogP contribution in [0.15, 0.2) is 65.6 Å². The van der Waals surface area contributed by atoms with Crippen LogP contribution in [0.3, 0.4) is 0 Å². The number of halogens is 7. The molecule has 37 heavy (non-hydrogen) atoms. The Morgan fingerprint density at radius 1 is 0.865 bits per heavy atom. The van der Waals surface area contributed by atoms with E-state index in [1.165, 1.54) is 42.5 Å². The van der Waals surface area contributed by atoms with Gasteiger partial charge in [0, 0.05) is 22.5 Å². The number of carbonyl (C=O) groups is 1. The largest absolute Gasteiger partial charge is 0.430 e. The summed E-state index contributed by atoms with van der Waals surface area (Å²) in [6.07, 6.45) is -12.3. The summed E-state index contributed by atoms with van der Waals surface area (Å²) < 4.78 is 121. The van der Waals surface area contributed by atoms with E-state index in [-0.39, 0.29) is 40.1 Å². The van der Waals surface area contributed by atoms with E-state index in [4.69, 9.17) is 0 Å². The van der Waals surface area contributed by atoms with Gasteiger partial charge in [0.25, 0.3) is 15.6 Å². The summed E-state index contributed by atoms with van der Waals surface area (Å²) >= 11 is 0. The van der Waals surface area contributed by atoms with Gasteiger partial charge >= 0.3 is 12.4 Å². The molecule has 14 heteroatoms. The van der Waals surface area contributed by atoms with Gasteiger partial charge in [0.2, 0.25) is 5.91 Å². The van der Waals surface area contributed by atoms with Crippen molar-refractivity contribution in [1.29, 1.82) is 0 Å². The Hall–Kier alpha value is -3.65. The van der Waals surface area contributed by atoms with Gasteiger partial charge in [-0.05, 0) is 47.5 Å². The van der Waals surface area contributed by atoms with Crippen LogP contribution in [-0.4, -0.2) is 31.8 Å². The Morgan fingerprint density at radius 3 is 2.05 bits per heavy atom. The third kappa shape index (κ3) is 4.73. The van der Waals surface area contributed by atoms with Crippen molar-refractivity contribution in [3.05, 3.63) is 77.6 Å². The minimum absolute atomic E-state index is 0.0108. The standard InChI is InChI=1S/C23H15F7N2O4S/c24-18-11-14(21(34,22(25,26)27)23(28,29)30)3-7-17(18)12-1-4-15(5-2-12)32-37(35,36)16-6-8-19-13(9-16)10-20(33)31-19/h1-9,11,32,34H,10H2,(H,31,33). The quantitative estimate of drug-likeness (QED) is 0.387. The van der Waals surface area contributed by atoms with Crippen molar-refractivity contribution in [1.82, 2.24) is 0 Å². The van der Waals surface area contributed by atoms with E-state index < -0.39 is 39.4 Å². The van der Waals surface area contributed by atoms with E-state index in [9.17, 15) is 49.1 Å². The van der Waals surface area contributed by atoms with Gasteiger partial charge < -0.3 is 10.4 Å². The van der Waals surface area contributed by atoms with Gasteiger partial charge in [-0.1, -0.05) is 24.3 Å². The van der Waals surface area contributed by atoms with Crippen LogP contribution in [0.4, 0.5) is 42.1 Å². The number of amides is 1. The highest BCUT2D eigenvalue weighted by Gasteiger charge is 2.71. The molecule has 0 spiro atoms. The SMILES string of the molecule is O=C1Cc2cc(S(=O)(=O)Nc3ccc(-c4ccc(C(O)(C(F)(F)F)C(F)(F)F)cc4F)cc3)ccc2N1. The number of hydrogen-bond donors (Lipinski definition) is 3. The van der Waals surface area contributed by atoms with Crippen LogP contribution in [0, 0.1) is 5.82 Å². The third-order valence-electron chi connectivity index (χ3n) is 5.67. The molecule has 0 saturated carbocycles. The molecule has 0 radical (unpaired) electrons. The lowest BCUT2D eigenvalue weighted by molar-refractivity contribution is -0.376. The molecule has 1 aliphatic heterocycles. The lowest BCUT2D eigenvalue weighted by Gasteiger charge is -2.32. The van der Waals surface area contributed by atoms with Crippen molar-refractivity contribution in [2.75, 3.05) is 10.0 Å². The Balaban J connectivity index is 1.58. The van der Waals surface area contributed by atoms with Crippen LogP contribution in [0.1, 0.15) is 11.1 Å². The summed E-state index contributed by atoms with van der Waals surface area (Å²) in [5.41, 5.74) is -6.39. The highest BCUT2D eigenvalue weighted by molar-refractivity contribution is 7.92. The number of anilines is 2. The zero-order valence-corrected chi connectivity index (χ0v) is 19.0. The maximum Gasteiger partial charge on any atom is 0.430 e. The topological polar surface area (TPSA) is 95.5 Å². The monoisotopic (exact) mass is 548 g/mol. The summed E-state index contributed by atoms with van der Waals surface area (Å²) in [4.78, 5) is 11.3. The highest BCUT2D eigenvalue weighted by atomic mass is 32.2. The summed E-state index contributed by atoms with van der Waals surface area (Å²) in [6, 6.07) is 9.74. The fourth-order valence-corrected chi connectivity index (χ4v) is 4.88. The molecule has 1 heterocycles. The van der Waals surface area contributed by atoms with Crippen molar-refractivity contribution in [3.8, 4) is 11.1 Å². The van der Waals surface area contributed by atoms with Crippen molar-refractivity contribution in [2.24, 2.45) is 0 Å². The zero-order valence-electron chi connectivity index (χ0n) is 18.2. The number of sulfonamides is 1. The van der Waals surface area contributed by atoms with Gasteiger partial charge in [-0.15, -0.1) is 0 Å². The molecule has 0 unspecified atom stereocenters. The molecule has 6 nitrogen and oxygen atoms in total. The maximum absolute atomic E-state index is 14.6. The molecule has 0 atom stereocenters. The van der Waals surface area contributed by atoms with Crippen LogP contribution >= 0.6 is 0 Å². The molecule has 0 aromatic heterocycles. The molecule has 3 aromatic rings. The van der Waals surface area contributed by atoms with Crippen LogP contribution in [0.2, 0.25) is 0 Å². The van der Waals surface area contributed by atoms with Crippen molar-refractivity contribution in [3.63, 3.8) is 0 Å². The first-order valence-corrected chi connectivity index (χ1v) is 11.7. The number of aliphatic hydroxyl groups is 1. The number of carbonyl (C=O) groups excluding carboxylic acids is 1. The summed E-state index contributed by atoms with van der Waals surface area (Å²) in [6.45, 7) is 0. The first-order chi connectivity index (χ1) is 17.0. The molecule has 0 saturated heterocycles. The second-order valence-electron chi connectivity index (χ2n) is 8.13. The molecule has 3 N–H and O–H groups in total. The second kappa shape index (κ2) is 8.73. The van der Waals surface area contributed by atoms with Gasteiger partial charge in [-0.25, -0.2) is 12.8 Å². The molecule has 0 aliphatic carbocycles. The fourth-order valence-electron chi connectivity index (χ4n) is 3.77. The van der Waals surface area contributed by atoms with E-state index >= 15 is 0 Å². The highest BCUT2D eigenvalue weighted by Crippen LogP contribution is 2.50. The van der Waals surface area contributed by atoms with Gasteiger partial charge in [0.1, 0.15) is 5.82 Å². The predicted molar refractivity (Wildman–Crippen MR) is 117 cm³/mol. The predicted octanol–water partition coefficient (Wildman–Crippen LogP) is 5.10. The van der Waals surface area contributed by atoms with Crippen molar-refractivity contribution >= 4 is 27.3 Å². The number of nitrogens with one attached hydrogen (secondary N) is 2. The summed E-state index contributed by atoms with van der Waals surface area (Å²) in [7, 11) is -4.09. The van der Waals surface area contributed by atoms with Crippen molar-refractivity contribution < 1.29 is 49.1 Å². The Kier molecular flexibility index (Phi) is 6.23. The molecule has 0 bridgehead atoms. The number of alkyl halides is 6. The molecule has 1 amide bonds. The van der Waals surface area contributed by atoms with E-state index in [2.05, 4.69) is 10.0 Å². The molecular weight excluding hydrogens is 533 g/mol. The van der Waals surface area contributed by atoms with Crippen LogP contribution in [0.25, 0.3) is 11.1 Å². The van der Waals surface area contributed by atoms with E-state index in [1.807, 2.05) is 0 Å². The number of rotatable bonds is 5. The maximum atomic E-state index is 14.6. The Morgan fingerprint density at radius 2 is 1.49 bits per heavy atom. The molecular formula is C23H15F7N2O4S. The fraction of sp³-hybridized carbons (Fsp3) is 0.174. The first kappa shape index (κ1) is 26.4. The third-order valence-corrected chi connectivity index (χ3v) is 7.05. The molecule has 1 aliphatic rings. The number of fused-ring (bicyclic) bond motifs is 1. The molecule has 0 fully saturated rings. The van der Waals surface area contributed by atoms with Gasteiger partial charge in [-0.3, -0.25) is 9.52 Å². The van der Waals surface area contributed by atoms with Gasteiger partial charge in [0.05, 0.1) is 11.3 Å². The molecule has 3 aromatic carbocycles. The average molecular weight is 548 g/mol. The van der Waals surface area contributed by atoms with Crippen LogP contribution < -0.4 is 10.0 Å². The molecule has 4 rings (SSSR count). The number of benzene rings is 3. The van der Waals surface area contributed by atoms with E-state index in [1.54, 1.807) is 0 Å². The Bertz CT molecular complexity index is 1470. The van der Waals surface area contributed by atoms with E-state index in [0.717, 1.165) is 0 Å². The normalized spacial score (nSPS) is 14.3. The van der Waals surface area contributed by atoms with Gasteiger partial charge in [0.15, 0.2) is 0 Å². The minimum Gasteiger partial charge on any atom is -0.369 e. The summed E-state index contributed by atoms with van der Waals surface area (Å²) in [5.74, 6) is -1.76. The van der Waals surface area contributed by atoms with Crippen LogP contribution in [-0.2, 0) is 26.8 Å². The smallest absolute Gasteiger partial charge is 0.369 e. The van der Waals surface area contributed by atoms with E-state index in [0.29, 0.717) is 23.4 Å². The Labute approximate surface area is 204 Å². The van der Waals surface area contributed by atoms with Crippen molar-refractivity contribution in [2.45, 2.75) is 29.3 Å². The minimum atomic E-state index is -6.16. The first-order valence-electron chi connectivity index (χ1n) is 10.2.